The van der Waals surface area contributed by atoms with Crippen molar-refractivity contribution >= 4 is 28.9 Å². The van der Waals surface area contributed by atoms with E-state index in [-0.39, 0.29) is 16.3 Å². The number of hydrogen-bond donors (Lipinski definition) is 2. The van der Waals surface area contributed by atoms with Crippen LogP contribution in [0.15, 0.2) is 24.5 Å². The van der Waals surface area contributed by atoms with Crippen molar-refractivity contribution < 1.29 is 14.8 Å². The number of amides is 1. The number of aryl methyl sites for hydroxylation is 1. The Kier molecular flexibility index (Phi) is 4.08. The molecule has 0 spiro atoms. The molecule has 9 heteroatoms. The number of nitrogens with zero attached hydrogens (tertiary/aromatic N) is 3. The van der Waals surface area contributed by atoms with E-state index in [9.17, 15) is 20.0 Å². The van der Waals surface area contributed by atoms with Crippen LogP contribution in [0, 0.1) is 10.1 Å². The summed E-state index contributed by atoms with van der Waals surface area (Å²) in [7, 11) is 0. The monoisotopic (exact) mass is 310 g/mol. The average molecular weight is 311 g/mol. The second-order valence-electron chi connectivity index (χ2n) is 4.12. The number of halogens is 1. The first-order valence-electron chi connectivity index (χ1n) is 5.93. The van der Waals surface area contributed by atoms with Crippen LogP contribution in [0.1, 0.15) is 17.3 Å². The van der Waals surface area contributed by atoms with Crippen molar-refractivity contribution in [2.75, 3.05) is 5.32 Å². The Morgan fingerprint density at radius 3 is 2.86 bits per heavy atom. The number of carbonyl (C=O) groups is 1. The molecule has 0 fully saturated rings. The maximum atomic E-state index is 12.0. The summed E-state index contributed by atoms with van der Waals surface area (Å²) in [5, 5.41) is 26.9. The lowest BCUT2D eigenvalue weighted by atomic mass is 10.2. The zero-order chi connectivity index (χ0) is 15.6. The molecule has 0 aliphatic rings. The molecule has 1 aromatic carbocycles. The Bertz CT molecular complexity index is 713. The van der Waals surface area contributed by atoms with E-state index in [1.807, 2.05) is 6.92 Å². The quantitative estimate of drug-likeness (QED) is 0.512. The molecule has 0 bridgehead atoms. The van der Waals surface area contributed by atoms with Gasteiger partial charge in [-0.3, -0.25) is 19.6 Å². The topological polar surface area (TPSA) is 110 Å². The number of anilines is 1. The Balaban J connectivity index is 2.30. The highest BCUT2D eigenvalue weighted by Crippen LogP contribution is 2.37. The number of rotatable bonds is 4. The van der Waals surface area contributed by atoms with Crippen molar-refractivity contribution in [1.82, 2.24) is 9.78 Å². The van der Waals surface area contributed by atoms with Gasteiger partial charge in [0.05, 0.1) is 22.4 Å². The zero-order valence-corrected chi connectivity index (χ0v) is 11.7. The highest BCUT2D eigenvalue weighted by molar-refractivity contribution is 6.31. The molecule has 1 aromatic heterocycles. The van der Waals surface area contributed by atoms with Gasteiger partial charge in [0.25, 0.3) is 5.91 Å². The van der Waals surface area contributed by atoms with E-state index in [1.165, 1.54) is 18.5 Å². The van der Waals surface area contributed by atoms with Crippen LogP contribution in [0.5, 0.6) is 5.75 Å². The van der Waals surface area contributed by atoms with Crippen LogP contribution in [-0.2, 0) is 6.54 Å². The minimum Gasteiger partial charge on any atom is -0.501 e. The lowest BCUT2D eigenvalue weighted by Crippen LogP contribution is -2.11. The molecule has 1 heterocycles. The van der Waals surface area contributed by atoms with E-state index in [0.717, 1.165) is 6.07 Å². The fraction of sp³-hybridized carbons (Fsp3) is 0.167. The molecule has 1 amide bonds. The first-order chi connectivity index (χ1) is 9.92. The summed E-state index contributed by atoms with van der Waals surface area (Å²) < 4.78 is 1.55. The summed E-state index contributed by atoms with van der Waals surface area (Å²) in [4.78, 5) is 22.0. The molecule has 110 valence electrons. The van der Waals surface area contributed by atoms with Crippen molar-refractivity contribution in [2.24, 2.45) is 0 Å². The van der Waals surface area contributed by atoms with Crippen LogP contribution in [0.4, 0.5) is 11.4 Å². The molecule has 2 N–H and O–H groups in total. The summed E-state index contributed by atoms with van der Waals surface area (Å²) in [5.74, 6) is -1.21. The molecule has 0 saturated carbocycles. The van der Waals surface area contributed by atoms with Gasteiger partial charge in [-0.15, -0.1) is 0 Å². The molecule has 0 saturated heterocycles. The Labute approximate surface area is 124 Å². The van der Waals surface area contributed by atoms with E-state index in [0.29, 0.717) is 6.54 Å². The molecular formula is C12H11ClN4O4. The summed E-state index contributed by atoms with van der Waals surface area (Å²) in [5.41, 5.74) is -0.454. The third-order valence-electron chi connectivity index (χ3n) is 2.72. The van der Waals surface area contributed by atoms with Gasteiger partial charge in [-0.25, -0.2) is 0 Å². The van der Waals surface area contributed by atoms with Crippen LogP contribution >= 0.6 is 11.6 Å². The number of nitro benzene ring substituents is 1. The number of nitro groups is 1. The van der Waals surface area contributed by atoms with Gasteiger partial charge in [0, 0.05) is 23.8 Å². The lowest BCUT2D eigenvalue weighted by Gasteiger charge is -2.07. The maximum Gasteiger partial charge on any atom is 0.314 e. The largest absolute Gasteiger partial charge is 0.501 e. The molecule has 0 aliphatic heterocycles. The van der Waals surface area contributed by atoms with Crippen molar-refractivity contribution in [3.8, 4) is 5.75 Å². The standard InChI is InChI=1S/C12H11ClN4O4/c1-2-16-6-7(5-14-16)12(19)15-9-3-8(13)4-10(11(9)18)17(20)21/h3-6,18H,2H2,1H3,(H,15,19). The number of aromatic nitrogens is 2. The van der Waals surface area contributed by atoms with Gasteiger partial charge < -0.3 is 10.4 Å². The highest BCUT2D eigenvalue weighted by Gasteiger charge is 2.20. The minimum absolute atomic E-state index is 0.0269. The Morgan fingerprint density at radius 2 is 2.29 bits per heavy atom. The smallest absolute Gasteiger partial charge is 0.314 e. The van der Waals surface area contributed by atoms with Crippen LogP contribution in [0.25, 0.3) is 0 Å². The highest BCUT2D eigenvalue weighted by atomic mass is 35.5. The number of carbonyl (C=O) groups excluding carboxylic acids is 1. The summed E-state index contributed by atoms with van der Waals surface area (Å²) >= 11 is 5.74. The van der Waals surface area contributed by atoms with Crippen molar-refractivity contribution in [3.63, 3.8) is 0 Å². The van der Waals surface area contributed by atoms with Crippen LogP contribution < -0.4 is 5.32 Å². The molecular weight excluding hydrogens is 300 g/mol. The van der Waals surface area contributed by atoms with Crippen molar-refractivity contribution in [2.45, 2.75) is 13.5 Å². The molecule has 0 unspecified atom stereocenters. The number of phenolic OH excluding ortho intramolecular Hbond substituents is 1. The van der Waals surface area contributed by atoms with Crippen LogP contribution in [0.2, 0.25) is 5.02 Å². The van der Waals surface area contributed by atoms with E-state index in [2.05, 4.69) is 10.4 Å². The number of hydrogen-bond acceptors (Lipinski definition) is 5. The SMILES string of the molecule is CCn1cc(C(=O)Nc2cc(Cl)cc([N+](=O)[O-])c2O)cn1. The zero-order valence-electron chi connectivity index (χ0n) is 10.9. The number of benzene rings is 1. The molecule has 2 aromatic rings. The normalized spacial score (nSPS) is 10.4. The van der Waals surface area contributed by atoms with E-state index >= 15 is 0 Å². The summed E-state index contributed by atoms with van der Waals surface area (Å²) in [6.45, 7) is 2.46. The van der Waals surface area contributed by atoms with Crippen LogP contribution in [0.3, 0.4) is 0 Å². The van der Waals surface area contributed by atoms with E-state index < -0.39 is 22.3 Å². The van der Waals surface area contributed by atoms with E-state index in [4.69, 9.17) is 11.6 Å². The Hall–Kier alpha value is -2.61. The van der Waals surface area contributed by atoms with Gasteiger partial charge in [-0.2, -0.15) is 5.10 Å². The first-order valence-corrected chi connectivity index (χ1v) is 6.31. The summed E-state index contributed by atoms with van der Waals surface area (Å²) in [6.07, 6.45) is 2.88. The molecule has 2 rings (SSSR count). The minimum atomic E-state index is -0.786. The average Bonchev–Trinajstić information content (AvgIpc) is 2.91. The fourth-order valence-electron chi connectivity index (χ4n) is 1.67. The molecule has 0 radical (unpaired) electrons. The van der Waals surface area contributed by atoms with Crippen molar-refractivity contribution in [3.05, 3.63) is 45.2 Å². The molecule has 0 atom stereocenters. The van der Waals surface area contributed by atoms with Gasteiger partial charge in [0.2, 0.25) is 5.75 Å². The van der Waals surface area contributed by atoms with Gasteiger partial charge in [-0.1, -0.05) is 11.6 Å². The predicted molar refractivity (Wildman–Crippen MR) is 75.6 cm³/mol. The lowest BCUT2D eigenvalue weighted by molar-refractivity contribution is -0.385. The van der Waals surface area contributed by atoms with Crippen molar-refractivity contribution in [1.29, 1.82) is 0 Å². The summed E-state index contributed by atoms with van der Waals surface area (Å²) in [6, 6.07) is 2.23. The predicted octanol–water partition coefficient (Wildman–Crippen LogP) is 2.42. The maximum absolute atomic E-state index is 12.0. The van der Waals surface area contributed by atoms with Gasteiger partial charge in [0.15, 0.2) is 0 Å². The number of aromatic hydroxyl groups is 1. The third-order valence-corrected chi connectivity index (χ3v) is 2.94. The fourth-order valence-corrected chi connectivity index (χ4v) is 1.88. The molecule has 8 nitrogen and oxygen atoms in total. The van der Waals surface area contributed by atoms with Gasteiger partial charge in [0.1, 0.15) is 0 Å². The number of nitrogens with one attached hydrogen (secondary N) is 1. The van der Waals surface area contributed by atoms with Crippen LogP contribution in [-0.4, -0.2) is 25.7 Å². The second kappa shape index (κ2) is 5.80. The van der Waals surface area contributed by atoms with E-state index in [1.54, 1.807) is 4.68 Å². The third kappa shape index (κ3) is 3.11. The Morgan fingerprint density at radius 1 is 1.57 bits per heavy atom. The molecule has 21 heavy (non-hydrogen) atoms. The van der Waals surface area contributed by atoms with Gasteiger partial charge >= 0.3 is 5.69 Å². The van der Waals surface area contributed by atoms with Gasteiger partial charge in [-0.05, 0) is 13.0 Å². The number of phenols is 1. The molecule has 0 aliphatic carbocycles. The second-order valence-corrected chi connectivity index (χ2v) is 4.55. The first kappa shape index (κ1) is 14.8.